The molecule has 1 saturated heterocycles. The monoisotopic (exact) mass is 855 g/mol. The maximum atomic E-state index is 12.8. The van der Waals surface area contributed by atoms with Gasteiger partial charge in [0.1, 0.15) is 11.6 Å². The van der Waals surface area contributed by atoms with Crippen molar-refractivity contribution in [2.75, 3.05) is 82.5 Å². The summed E-state index contributed by atoms with van der Waals surface area (Å²) >= 11 is 0.820. The van der Waals surface area contributed by atoms with Gasteiger partial charge >= 0.3 is 11.9 Å². The van der Waals surface area contributed by atoms with Gasteiger partial charge in [0.25, 0.3) is 0 Å². The van der Waals surface area contributed by atoms with Gasteiger partial charge in [0.2, 0.25) is 17.8 Å². The van der Waals surface area contributed by atoms with E-state index in [0.29, 0.717) is 45.9 Å². The maximum absolute atomic E-state index is 12.8. The summed E-state index contributed by atoms with van der Waals surface area (Å²) in [7, 11) is 0. The first-order valence-electron chi connectivity index (χ1n) is 20.6. The number of rotatable bonds is 28. The Morgan fingerprint density at radius 3 is 2.38 bits per heavy atom. The molecule has 0 spiro atoms. The van der Waals surface area contributed by atoms with E-state index in [2.05, 4.69) is 62.1 Å². The second kappa shape index (κ2) is 25.1. The Morgan fingerprint density at radius 1 is 0.933 bits per heavy atom. The Bertz CT molecular complexity index is 1890. The largest absolute Gasteiger partial charge is 0.481 e. The van der Waals surface area contributed by atoms with Gasteiger partial charge in [0.15, 0.2) is 11.6 Å². The number of aryl methyl sites for hydroxylation is 1. The number of fused-ring (bicyclic) bond motifs is 1. The summed E-state index contributed by atoms with van der Waals surface area (Å²) in [5, 5.41) is 22.8. The molecule has 1 aliphatic heterocycles. The highest BCUT2D eigenvalue weighted by Crippen LogP contribution is 2.25. The smallest absolute Gasteiger partial charge is 0.321 e. The van der Waals surface area contributed by atoms with Gasteiger partial charge in [-0.1, -0.05) is 38.0 Å². The number of hydrogen-bond donors (Lipinski definition) is 6. The SMILES string of the molecule is CCCCCNc1nc(N)nc2ccn(Cc3ccc(CN4CCN(C(=O)CCOCCOCCCC(=O)CNC(=O)[C@H](CC(=O)O)SC[C@H](N)C(=O)O)CC4)cc3C)c12. The van der Waals surface area contributed by atoms with Crippen molar-refractivity contribution >= 4 is 64.1 Å². The van der Waals surface area contributed by atoms with Gasteiger partial charge in [0.05, 0.1) is 50.0 Å². The topological polar surface area (TPSA) is 258 Å². The molecule has 2 aromatic heterocycles. The minimum atomic E-state index is -1.26. The molecule has 0 radical (unpaired) electrons. The summed E-state index contributed by atoms with van der Waals surface area (Å²) in [6.07, 6.45) is 5.72. The van der Waals surface area contributed by atoms with Gasteiger partial charge < -0.3 is 51.3 Å². The van der Waals surface area contributed by atoms with E-state index in [4.69, 9.17) is 31.2 Å². The zero-order valence-electron chi connectivity index (χ0n) is 34.7. The van der Waals surface area contributed by atoms with Gasteiger partial charge in [-0.2, -0.15) is 4.98 Å². The molecule has 0 saturated carbocycles. The maximum Gasteiger partial charge on any atom is 0.321 e. The van der Waals surface area contributed by atoms with Crippen LogP contribution < -0.4 is 22.1 Å². The van der Waals surface area contributed by atoms with Gasteiger partial charge in [-0.25, -0.2) is 4.98 Å². The van der Waals surface area contributed by atoms with Crippen molar-refractivity contribution in [2.45, 2.75) is 83.2 Å². The fraction of sp³-hybridized carbons (Fsp3) is 0.585. The van der Waals surface area contributed by atoms with Crippen molar-refractivity contribution in [2.24, 2.45) is 5.73 Å². The zero-order chi connectivity index (χ0) is 43.4. The van der Waals surface area contributed by atoms with E-state index >= 15 is 0 Å². The van der Waals surface area contributed by atoms with Crippen molar-refractivity contribution in [1.82, 2.24) is 29.7 Å². The summed E-state index contributed by atoms with van der Waals surface area (Å²) in [5.74, 6) is -2.48. The number of nitrogens with two attached hydrogens (primary N) is 2. The molecule has 0 unspecified atom stereocenters. The summed E-state index contributed by atoms with van der Waals surface area (Å²) in [4.78, 5) is 72.7. The minimum Gasteiger partial charge on any atom is -0.481 e. The minimum absolute atomic E-state index is 0.0584. The van der Waals surface area contributed by atoms with Crippen LogP contribution >= 0.6 is 11.8 Å². The highest BCUT2D eigenvalue weighted by Gasteiger charge is 2.25. The number of anilines is 2. The van der Waals surface area contributed by atoms with Crippen molar-refractivity contribution in [3.05, 3.63) is 47.2 Å². The third kappa shape index (κ3) is 16.0. The molecule has 330 valence electrons. The summed E-state index contributed by atoms with van der Waals surface area (Å²) in [6, 6.07) is 7.36. The summed E-state index contributed by atoms with van der Waals surface area (Å²) in [5.41, 5.74) is 16.9. The first-order valence-corrected chi connectivity index (χ1v) is 21.6. The van der Waals surface area contributed by atoms with Gasteiger partial charge in [-0.15, -0.1) is 11.8 Å². The van der Waals surface area contributed by atoms with Crippen LogP contribution in [0.3, 0.4) is 0 Å². The molecular weight excluding hydrogens is 795 g/mol. The number of nitrogens with zero attached hydrogens (tertiary/aromatic N) is 5. The number of thioether (sulfide) groups is 1. The van der Waals surface area contributed by atoms with E-state index in [0.717, 1.165) is 74.1 Å². The van der Waals surface area contributed by atoms with E-state index in [-0.39, 0.29) is 49.4 Å². The molecule has 8 N–H and O–H groups in total. The van der Waals surface area contributed by atoms with Crippen LogP contribution in [0.15, 0.2) is 30.5 Å². The number of carbonyl (C=O) groups is 5. The van der Waals surface area contributed by atoms with E-state index in [1.807, 2.05) is 17.2 Å². The number of ether oxygens (including phenoxy) is 2. The van der Waals surface area contributed by atoms with Gasteiger partial charge in [0, 0.05) is 70.8 Å². The van der Waals surface area contributed by atoms with Gasteiger partial charge in [-0.05, 0) is 42.5 Å². The lowest BCUT2D eigenvalue weighted by atomic mass is 10.0. The summed E-state index contributed by atoms with van der Waals surface area (Å²) in [6.45, 7) is 10.5. The third-order valence-electron chi connectivity index (χ3n) is 10.1. The number of ketones is 1. The highest BCUT2D eigenvalue weighted by atomic mass is 32.2. The highest BCUT2D eigenvalue weighted by molar-refractivity contribution is 8.00. The molecular formula is C41H61N9O9S. The number of unbranched alkanes of at least 4 members (excludes halogenated alkanes) is 2. The molecule has 3 heterocycles. The molecule has 2 amide bonds. The Labute approximate surface area is 355 Å². The van der Waals surface area contributed by atoms with Crippen molar-refractivity contribution in [3.8, 4) is 0 Å². The second-order valence-electron chi connectivity index (χ2n) is 14.9. The average molecular weight is 856 g/mol. The van der Waals surface area contributed by atoms with Crippen molar-refractivity contribution in [3.63, 3.8) is 0 Å². The van der Waals surface area contributed by atoms with Crippen LogP contribution in [0.25, 0.3) is 11.0 Å². The van der Waals surface area contributed by atoms with Crippen LogP contribution in [0, 0.1) is 6.92 Å². The van der Waals surface area contributed by atoms with Gasteiger partial charge in [-0.3, -0.25) is 28.9 Å². The fourth-order valence-electron chi connectivity index (χ4n) is 6.67. The van der Waals surface area contributed by atoms with Crippen LogP contribution in [0.2, 0.25) is 0 Å². The van der Waals surface area contributed by atoms with E-state index in [9.17, 15) is 24.0 Å². The molecule has 0 bridgehead atoms. The number of nitrogens with one attached hydrogen (secondary N) is 2. The molecule has 60 heavy (non-hydrogen) atoms. The first-order chi connectivity index (χ1) is 28.8. The number of aromatic nitrogens is 3. The van der Waals surface area contributed by atoms with E-state index in [1.165, 1.54) is 16.7 Å². The number of Topliss-reactive ketones (excluding diaryl/α,β-unsaturated/α-hetero) is 1. The number of carboxylic acids is 2. The number of amides is 2. The third-order valence-corrected chi connectivity index (χ3v) is 11.4. The molecule has 1 aromatic carbocycles. The van der Waals surface area contributed by atoms with Crippen molar-refractivity contribution in [1.29, 1.82) is 0 Å². The molecule has 1 aliphatic rings. The number of carbonyl (C=O) groups excluding carboxylic acids is 3. The van der Waals surface area contributed by atoms with Crippen molar-refractivity contribution < 1.29 is 43.7 Å². The predicted octanol–water partition coefficient (Wildman–Crippen LogP) is 2.49. The van der Waals surface area contributed by atoms with Crippen LogP contribution in [0.4, 0.5) is 11.8 Å². The molecule has 19 heteroatoms. The van der Waals surface area contributed by atoms with E-state index < -0.39 is 35.6 Å². The Balaban J connectivity index is 1.06. The average Bonchev–Trinajstić information content (AvgIpc) is 3.62. The molecule has 4 rings (SSSR count). The lowest BCUT2D eigenvalue weighted by Gasteiger charge is -2.35. The van der Waals surface area contributed by atoms with Crippen LogP contribution in [-0.4, -0.2) is 147 Å². The normalized spacial score (nSPS) is 14.2. The fourth-order valence-corrected chi connectivity index (χ4v) is 7.75. The Morgan fingerprint density at radius 2 is 1.68 bits per heavy atom. The quantitative estimate of drug-likeness (QED) is 0.0574. The first kappa shape index (κ1) is 47.9. The molecule has 0 aliphatic carbocycles. The van der Waals surface area contributed by atoms with Crippen LogP contribution in [-0.2, 0) is 46.5 Å². The zero-order valence-corrected chi connectivity index (χ0v) is 35.6. The standard InChI is InChI=1S/C41H61N9O9S/c1-3-4-5-12-44-38-37-33(46-41(43)47-38)10-13-50(37)26-30-9-8-29(22-28(30)2)25-48-14-16-49(17-15-48)35(52)11-19-59-21-20-58-18-6-7-31(51)24-45-39(55)34(23-36(53)54)60-27-32(42)40(56)57/h8-10,13,22,32,34H,3-7,11-12,14-21,23-27,42H2,1-2H3,(H,45,55)(H,53,54)(H,56,57)(H3,43,44,46,47)/t32-,34-/m0/s1. The van der Waals surface area contributed by atoms with Crippen LogP contribution in [0.5, 0.6) is 0 Å². The van der Waals surface area contributed by atoms with E-state index in [1.54, 1.807) is 0 Å². The summed E-state index contributed by atoms with van der Waals surface area (Å²) < 4.78 is 13.3. The molecule has 18 nitrogen and oxygen atoms in total. The number of aliphatic carboxylic acids is 2. The predicted molar refractivity (Wildman–Crippen MR) is 230 cm³/mol. The molecule has 1 fully saturated rings. The lowest BCUT2D eigenvalue weighted by molar-refractivity contribution is -0.138. The molecule has 3 aromatic rings. The van der Waals surface area contributed by atoms with Crippen LogP contribution in [0.1, 0.15) is 68.6 Å². The number of carboxylic acid groups (broad SMARTS) is 2. The number of benzene rings is 1. The number of nitrogen functional groups attached to an aromatic ring is 1. The lowest BCUT2D eigenvalue weighted by Crippen LogP contribution is -2.48. The number of piperazine rings is 1. The number of hydrogen-bond acceptors (Lipinski definition) is 14. The second-order valence-corrected chi connectivity index (χ2v) is 16.1. The Kier molecular flexibility index (Phi) is 20.0. The Hall–Kier alpha value is -4.82. The molecule has 2 atom stereocenters.